The van der Waals surface area contributed by atoms with E-state index >= 15 is 0 Å². The van der Waals surface area contributed by atoms with E-state index in [-0.39, 0.29) is 43.7 Å². The highest BCUT2D eigenvalue weighted by Gasteiger charge is 2.38. The highest BCUT2D eigenvalue weighted by Crippen LogP contribution is 2.43. The predicted octanol–water partition coefficient (Wildman–Crippen LogP) is 7.05. The SMILES string of the molecule is COC(=O)CN(C)c1cc(COc2cc3c(cc2OC)C(=O)N2c4ccccc4CC2C=N3)cc(COc2cc3c(cc2OC)C(=O)N2c4ccccc4CC2C=N3)c1. The van der Waals surface area contributed by atoms with Crippen molar-refractivity contribution < 1.29 is 38.1 Å². The normalized spacial score (nSPS) is 16.8. The lowest BCUT2D eigenvalue weighted by Gasteiger charge is -2.22. The molecule has 2 atom stereocenters. The molecule has 0 radical (unpaired) electrons. The Morgan fingerprint density at radius 2 is 1.14 bits per heavy atom. The van der Waals surface area contributed by atoms with Crippen LogP contribution in [-0.4, -0.2) is 77.2 Å². The fourth-order valence-corrected chi connectivity index (χ4v) is 8.18. The van der Waals surface area contributed by atoms with Crippen LogP contribution in [0.4, 0.5) is 28.4 Å². The van der Waals surface area contributed by atoms with Crippen LogP contribution in [0.1, 0.15) is 43.0 Å². The van der Waals surface area contributed by atoms with Crippen LogP contribution in [0.5, 0.6) is 23.0 Å². The van der Waals surface area contributed by atoms with Gasteiger partial charge in [-0.25, -0.2) is 0 Å². The van der Waals surface area contributed by atoms with Crippen molar-refractivity contribution in [2.45, 2.75) is 38.1 Å². The van der Waals surface area contributed by atoms with Gasteiger partial charge in [0.15, 0.2) is 23.0 Å². The number of anilines is 3. The first-order valence-corrected chi connectivity index (χ1v) is 19.2. The number of esters is 1. The quantitative estimate of drug-likeness (QED) is 0.129. The minimum absolute atomic E-state index is 0.0153. The number of nitrogens with zero attached hydrogens (tertiary/aromatic N) is 5. The summed E-state index contributed by atoms with van der Waals surface area (Å²) >= 11 is 0. The van der Waals surface area contributed by atoms with Gasteiger partial charge in [-0.3, -0.25) is 34.2 Å². The molecule has 59 heavy (non-hydrogen) atoms. The molecule has 4 aliphatic heterocycles. The number of carbonyl (C=O) groups excluding carboxylic acids is 3. The van der Waals surface area contributed by atoms with Crippen molar-refractivity contribution in [1.29, 1.82) is 0 Å². The Kier molecular flexibility index (Phi) is 9.71. The number of likely N-dealkylation sites (N-methyl/N-ethyl adjacent to an activating group) is 1. The Morgan fingerprint density at radius 3 is 1.59 bits per heavy atom. The van der Waals surface area contributed by atoms with E-state index in [0.717, 1.165) is 39.3 Å². The number of benzene rings is 5. The van der Waals surface area contributed by atoms with Gasteiger partial charge in [0.1, 0.15) is 19.8 Å². The second-order valence-corrected chi connectivity index (χ2v) is 14.8. The Labute approximate surface area is 341 Å². The standard InChI is InChI=1S/C46H41N5O8/c1-49(24-44(52)57-4)31-14-27(25-58-42-20-36-34(18-40(42)55-2)45(53)50-32(22-47-36)16-29-9-5-7-11-38(29)50)13-28(15-31)26-59-43-21-37-35(19-41(43)56-3)46(54)51-33(23-48-37)17-30-10-6-8-12-39(30)51/h5-15,18-23,32-33H,16-17,24-26H2,1-4H3. The molecule has 0 spiro atoms. The van der Waals surface area contributed by atoms with Crippen LogP contribution in [0, 0.1) is 0 Å². The zero-order valence-electron chi connectivity index (χ0n) is 33.0. The first kappa shape index (κ1) is 37.4. The molecule has 0 saturated heterocycles. The maximum Gasteiger partial charge on any atom is 0.325 e. The molecule has 13 heteroatoms. The lowest BCUT2D eigenvalue weighted by atomic mass is 10.1. The number of amides is 2. The summed E-state index contributed by atoms with van der Waals surface area (Å²) in [6.07, 6.45) is 5.01. The molecular weight excluding hydrogens is 751 g/mol. The van der Waals surface area contributed by atoms with Crippen LogP contribution in [-0.2, 0) is 35.6 Å². The molecule has 0 bridgehead atoms. The van der Waals surface area contributed by atoms with Crippen LogP contribution in [0.3, 0.4) is 0 Å². The van der Waals surface area contributed by atoms with Gasteiger partial charge in [-0.05, 0) is 64.7 Å². The Balaban J connectivity index is 0.978. The Morgan fingerprint density at radius 1 is 0.661 bits per heavy atom. The van der Waals surface area contributed by atoms with Gasteiger partial charge in [0.2, 0.25) is 0 Å². The summed E-state index contributed by atoms with van der Waals surface area (Å²) in [4.78, 5) is 55.0. The van der Waals surface area contributed by atoms with Crippen molar-refractivity contribution in [1.82, 2.24) is 0 Å². The molecule has 0 saturated carbocycles. The predicted molar refractivity (Wildman–Crippen MR) is 224 cm³/mol. The van der Waals surface area contributed by atoms with Crippen molar-refractivity contribution in [3.63, 3.8) is 0 Å². The summed E-state index contributed by atoms with van der Waals surface area (Å²) in [5.74, 6) is 0.910. The summed E-state index contributed by atoms with van der Waals surface area (Å²) in [5, 5.41) is 0. The van der Waals surface area contributed by atoms with E-state index in [4.69, 9.17) is 33.7 Å². The zero-order chi connectivity index (χ0) is 40.8. The summed E-state index contributed by atoms with van der Waals surface area (Å²) < 4.78 is 29.2. The van der Waals surface area contributed by atoms with E-state index in [9.17, 15) is 14.4 Å². The second kappa shape index (κ2) is 15.3. The number of rotatable bonds is 11. The van der Waals surface area contributed by atoms with Gasteiger partial charge >= 0.3 is 5.97 Å². The minimum Gasteiger partial charge on any atom is -0.493 e. The van der Waals surface area contributed by atoms with E-state index in [2.05, 4.69) is 0 Å². The summed E-state index contributed by atoms with van der Waals surface area (Å²) in [5.41, 5.74) is 8.07. The minimum atomic E-state index is -0.394. The molecule has 13 nitrogen and oxygen atoms in total. The summed E-state index contributed by atoms with van der Waals surface area (Å²) in [6.45, 7) is 0.241. The second-order valence-electron chi connectivity index (χ2n) is 14.8. The first-order valence-electron chi connectivity index (χ1n) is 19.2. The molecule has 4 heterocycles. The third-order valence-corrected chi connectivity index (χ3v) is 11.1. The van der Waals surface area contributed by atoms with E-state index in [0.29, 0.717) is 58.3 Å². The van der Waals surface area contributed by atoms with Gasteiger partial charge < -0.3 is 28.6 Å². The number of aliphatic imine (C=N–C) groups is 2. The maximum atomic E-state index is 13.9. The van der Waals surface area contributed by atoms with Gasteiger partial charge in [-0.1, -0.05) is 36.4 Å². The molecule has 2 unspecified atom stereocenters. The van der Waals surface area contributed by atoms with Crippen molar-refractivity contribution in [2.24, 2.45) is 9.98 Å². The zero-order valence-corrected chi connectivity index (χ0v) is 33.0. The Hall–Kier alpha value is -7.15. The van der Waals surface area contributed by atoms with Crippen molar-refractivity contribution in [3.8, 4) is 23.0 Å². The highest BCUT2D eigenvalue weighted by atomic mass is 16.5. The van der Waals surface area contributed by atoms with Crippen LogP contribution >= 0.6 is 0 Å². The van der Waals surface area contributed by atoms with Gasteiger partial charge in [0.25, 0.3) is 11.8 Å². The number of hydrogen-bond donors (Lipinski definition) is 0. The number of para-hydroxylation sites is 2. The van der Waals surface area contributed by atoms with E-state index in [1.807, 2.05) is 79.2 Å². The number of fused-ring (bicyclic) bond motifs is 8. The van der Waals surface area contributed by atoms with Crippen molar-refractivity contribution >= 4 is 58.6 Å². The fourth-order valence-electron chi connectivity index (χ4n) is 8.18. The molecule has 0 aromatic heterocycles. The third kappa shape index (κ3) is 6.88. The molecular formula is C46H41N5O8. The topological polar surface area (TPSA) is 132 Å². The van der Waals surface area contributed by atoms with Crippen LogP contribution in [0.25, 0.3) is 0 Å². The molecule has 0 aliphatic carbocycles. The molecule has 5 aromatic carbocycles. The number of methoxy groups -OCH3 is 3. The largest absolute Gasteiger partial charge is 0.493 e. The van der Waals surface area contributed by atoms with Crippen molar-refractivity contribution in [3.05, 3.63) is 124 Å². The third-order valence-electron chi connectivity index (χ3n) is 11.1. The summed E-state index contributed by atoms with van der Waals surface area (Å²) in [7, 11) is 6.21. The molecule has 9 rings (SSSR count). The van der Waals surface area contributed by atoms with Gasteiger partial charge in [-0.2, -0.15) is 0 Å². The monoisotopic (exact) mass is 791 g/mol. The fraction of sp³-hybridized carbons (Fsp3) is 0.239. The lowest BCUT2D eigenvalue weighted by molar-refractivity contribution is -0.138. The van der Waals surface area contributed by atoms with Gasteiger partial charge in [-0.15, -0.1) is 0 Å². The van der Waals surface area contributed by atoms with E-state index < -0.39 is 5.97 Å². The maximum absolute atomic E-state index is 13.9. The molecule has 4 aliphatic rings. The van der Waals surface area contributed by atoms with Crippen LogP contribution in [0.15, 0.2) is 101 Å². The van der Waals surface area contributed by atoms with Crippen molar-refractivity contribution in [2.75, 3.05) is 49.6 Å². The van der Waals surface area contributed by atoms with Gasteiger partial charge in [0, 0.05) is 61.5 Å². The average Bonchev–Trinajstić information content (AvgIpc) is 3.75. The number of hydrogen-bond acceptors (Lipinski definition) is 11. The van der Waals surface area contributed by atoms with Gasteiger partial charge in [0.05, 0.1) is 55.9 Å². The molecule has 2 amide bonds. The van der Waals surface area contributed by atoms with Crippen LogP contribution in [0.2, 0.25) is 0 Å². The number of ether oxygens (including phenoxy) is 5. The Bertz CT molecular complexity index is 2430. The highest BCUT2D eigenvalue weighted by molar-refractivity contribution is 6.15. The smallest absolute Gasteiger partial charge is 0.325 e. The molecule has 0 fully saturated rings. The molecule has 298 valence electrons. The average molecular weight is 792 g/mol. The molecule has 5 aromatic rings. The van der Waals surface area contributed by atoms with E-state index in [1.165, 1.54) is 21.3 Å². The van der Waals surface area contributed by atoms with E-state index in [1.54, 1.807) is 46.0 Å². The van der Waals surface area contributed by atoms with Crippen LogP contribution < -0.4 is 33.6 Å². The molecule has 0 N–H and O–H groups in total. The summed E-state index contributed by atoms with van der Waals surface area (Å²) in [6, 6.07) is 28.0. The number of carbonyl (C=O) groups is 3. The lowest BCUT2D eigenvalue weighted by Crippen LogP contribution is -2.37. The first-order chi connectivity index (χ1) is 28.7.